The standard InChI is InChI=1S/C11H16N2O2S/c1-11(2,3)13-5-4-7-8(6-13)16-9(12-7)10(14)15/h4-6H2,1-3H3,(H,14,15). The number of carboxylic acids is 1. The number of carbonyl (C=O) groups is 1. The smallest absolute Gasteiger partial charge is 0.365 e. The van der Waals surface area contributed by atoms with Crippen molar-refractivity contribution in [2.45, 2.75) is 39.3 Å². The van der Waals surface area contributed by atoms with Crippen molar-refractivity contribution >= 4 is 17.3 Å². The first-order chi connectivity index (χ1) is 7.38. The second-order valence-corrected chi connectivity index (χ2v) is 6.12. The predicted octanol–water partition coefficient (Wildman–Crippen LogP) is 2.00. The van der Waals surface area contributed by atoms with Crippen LogP contribution in [0.5, 0.6) is 0 Å². The van der Waals surface area contributed by atoms with Gasteiger partial charge in [-0.05, 0) is 20.8 Å². The zero-order valence-electron chi connectivity index (χ0n) is 9.78. The molecule has 0 saturated heterocycles. The van der Waals surface area contributed by atoms with Crippen LogP contribution in [-0.4, -0.2) is 33.0 Å². The molecule has 0 spiro atoms. The number of carboxylic acid groups (broad SMARTS) is 1. The summed E-state index contributed by atoms with van der Waals surface area (Å²) in [4.78, 5) is 18.5. The van der Waals surface area contributed by atoms with Gasteiger partial charge in [-0.2, -0.15) is 0 Å². The monoisotopic (exact) mass is 240 g/mol. The molecular formula is C11H16N2O2S. The molecule has 0 aromatic carbocycles. The highest BCUT2D eigenvalue weighted by molar-refractivity contribution is 7.13. The molecule has 0 bridgehead atoms. The molecule has 2 rings (SSSR count). The number of rotatable bonds is 1. The molecule has 4 nitrogen and oxygen atoms in total. The molecule has 88 valence electrons. The van der Waals surface area contributed by atoms with Gasteiger partial charge in [0.25, 0.3) is 0 Å². The van der Waals surface area contributed by atoms with Crippen LogP contribution in [0.4, 0.5) is 0 Å². The largest absolute Gasteiger partial charge is 0.476 e. The summed E-state index contributed by atoms with van der Waals surface area (Å²) < 4.78 is 0. The fourth-order valence-corrected chi connectivity index (χ4v) is 2.82. The Hall–Kier alpha value is -0.940. The van der Waals surface area contributed by atoms with Crippen LogP contribution in [0.25, 0.3) is 0 Å². The molecule has 1 aromatic rings. The topological polar surface area (TPSA) is 53.4 Å². The predicted molar refractivity (Wildman–Crippen MR) is 62.9 cm³/mol. The van der Waals surface area contributed by atoms with Crippen molar-refractivity contribution in [1.82, 2.24) is 9.88 Å². The molecule has 1 N–H and O–H groups in total. The maximum absolute atomic E-state index is 10.8. The molecule has 1 aromatic heterocycles. The highest BCUT2D eigenvalue weighted by atomic mass is 32.1. The third-order valence-corrected chi connectivity index (χ3v) is 3.93. The molecular weight excluding hydrogens is 224 g/mol. The van der Waals surface area contributed by atoms with Crippen LogP contribution in [0, 0.1) is 0 Å². The first-order valence-electron chi connectivity index (χ1n) is 5.35. The van der Waals surface area contributed by atoms with Crippen LogP contribution in [0.3, 0.4) is 0 Å². The van der Waals surface area contributed by atoms with Crippen molar-refractivity contribution in [3.8, 4) is 0 Å². The van der Waals surface area contributed by atoms with Gasteiger partial charge in [0.2, 0.25) is 5.01 Å². The Morgan fingerprint density at radius 2 is 2.19 bits per heavy atom. The number of nitrogens with zero attached hydrogens (tertiary/aromatic N) is 2. The van der Waals surface area contributed by atoms with Gasteiger partial charge in [-0.15, -0.1) is 11.3 Å². The minimum absolute atomic E-state index is 0.130. The van der Waals surface area contributed by atoms with E-state index < -0.39 is 5.97 Å². The molecule has 0 aliphatic carbocycles. The minimum Gasteiger partial charge on any atom is -0.476 e. The molecule has 1 aliphatic rings. The van der Waals surface area contributed by atoms with Crippen LogP contribution in [0.2, 0.25) is 0 Å². The van der Waals surface area contributed by atoms with E-state index in [1.807, 2.05) is 0 Å². The number of hydrogen-bond acceptors (Lipinski definition) is 4. The summed E-state index contributed by atoms with van der Waals surface area (Å²) in [5.74, 6) is -0.915. The van der Waals surface area contributed by atoms with E-state index in [2.05, 4.69) is 30.7 Å². The van der Waals surface area contributed by atoms with Crippen molar-refractivity contribution in [3.05, 3.63) is 15.6 Å². The summed E-state index contributed by atoms with van der Waals surface area (Å²) in [5, 5.41) is 9.12. The third kappa shape index (κ3) is 2.10. The fourth-order valence-electron chi connectivity index (χ4n) is 1.86. The number of hydrogen-bond donors (Lipinski definition) is 1. The zero-order chi connectivity index (χ0) is 11.9. The van der Waals surface area contributed by atoms with Crippen molar-refractivity contribution in [3.63, 3.8) is 0 Å². The van der Waals surface area contributed by atoms with E-state index >= 15 is 0 Å². The summed E-state index contributed by atoms with van der Waals surface area (Å²) >= 11 is 1.31. The fraction of sp³-hybridized carbons (Fsp3) is 0.636. The molecule has 0 radical (unpaired) electrons. The Morgan fingerprint density at radius 3 is 2.75 bits per heavy atom. The van der Waals surface area contributed by atoms with Crippen molar-refractivity contribution in [1.29, 1.82) is 0 Å². The summed E-state index contributed by atoms with van der Waals surface area (Å²) in [6, 6.07) is 0. The average Bonchev–Trinajstić information content (AvgIpc) is 2.58. The van der Waals surface area contributed by atoms with Gasteiger partial charge in [-0.1, -0.05) is 0 Å². The van der Waals surface area contributed by atoms with Gasteiger partial charge in [-0.3, -0.25) is 4.90 Å². The van der Waals surface area contributed by atoms with Gasteiger partial charge in [0.15, 0.2) is 0 Å². The Bertz CT molecular complexity index is 420. The summed E-state index contributed by atoms with van der Waals surface area (Å²) in [6.45, 7) is 8.31. The maximum Gasteiger partial charge on any atom is 0.365 e. The Balaban J connectivity index is 2.24. The van der Waals surface area contributed by atoms with Crippen LogP contribution >= 0.6 is 11.3 Å². The first kappa shape index (κ1) is 11.5. The first-order valence-corrected chi connectivity index (χ1v) is 6.16. The number of aromatic nitrogens is 1. The second-order valence-electron chi connectivity index (χ2n) is 5.04. The summed E-state index contributed by atoms with van der Waals surface area (Å²) in [6.07, 6.45) is 0.858. The van der Waals surface area contributed by atoms with Gasteiger partial charge in [0, 0.05) is 29.9 Å². The minimum atomic E-state index is -0.915. The molecule has 5 heteroatoms. The lowest BCUT2D eigenvalue weighted by atomic mass is 10.0. The number of aromatic carboxylic acids is 1. The molecule has 0 saturated carbocycles. The Labute approximate surface area is 98.9 Å². The Morgan fingerprint density at radius 1 is 1.50 bits per heavy atom. The second kappa shape index (κ2) is 3.82. The maximum atomic E-state index is 10.8. The number of fused-ring (bicyclic) bond motifs is 1. The van der Waals surface area contributed by atoms with Crippen LogP contribution in [0.15, 0.2) is 0 Å². The third-order valence-electron chi connectivity index (χ3n) is 2.86. The van der Waals surface area contributed by atoms with E-state index in [-0.39, 0.29) is 10.5 Å². The highest BCUT2D eigenvalue weighted by Gasteiger charge is 2.28. The quantitative estimate of drug-likeness (QED) is 0.815. The van der Waals surface area contributed by atoms with Gasteiger partial charge in [0.05, 0.1) is 5.69 Å². The lowest BCUT2D eigenvalue weighted by Gasteiger charge is -2.37. The van der Waals surface area contributed by atoms with Gasteiger partial charge < -0.3 is 5.11 Å². The Kier molecular flexibility index (Phi) is 2.75. The van der Waals surface area contributed by atoms with Crippen LogP contribution < -0.4 is 0 Å². The molecule has 0 unspecified atom stereocenters. The zero-order valence-corrected chi connectivity index (χ0v) is 10.6. The molecule has 16 heavy (non-hydrogen) atoms. The molecule has 1 aliphatic heterocycles. The average molecular weight is 240 g/mol. The van der Waals surface area contributed by atoms with E-state index in [0.29, 0.717) is 0 Å². The van der Waals surface area contributed by atoms with Crippen molar-refractivity contribution in [2.24, 2.45) is 0 Å². The van der Waals surface area contributed by atoms with Crippen LogP contribution in [-0.2, 0) is 13.0 Å². The molecule has 0 atom stereocenters. The van der Waals surface area contributed by atoms with E-state index in [0.717, 1.165) is 30.1 Å². The van der Waals surface area contributed by atoms with E-state index in [1.165, 1.54) is 11.3 Å². The normalized spacial score (nSPS) is 17.2. The van der Waals surface area contributed by atoms with E-state index in [4.69, 9.17) is 5.11 Å². The summed E-state index contributed by atoms with van der Waals surface area (Å²) in [5.41, 5.74) is 1.10. The lowest BCUT2D eigenvalue weighted by molar-refractivity contribution is 0.0696. The van der Waals surface area contributed by atoms with Gasteiger partial charge >= 0.3 is 5.97 Å². The lowest BCUT2D eigenvalue weighted by Crippen LogP contribution is -2.43. The van der Waals surface area contributed by atoms with Crippen molar-refractivity contribution in [2.75, 3.05) is 6.54 Å². The molecule has 2 heterocycles. The SMILES string of the molecule is CC(C)(C)N1CCc2nc(C(=O)O)sc2C1. The highest BCUT2D eigenvalue weighted by Crippen LogP contribution is 2.28. The van der Waals surface area contributed by atoms with E-state index in [9.17, 15) is 4.79 Å². The number of thiazole rings is 1. The van der Waals surface area contributed by atoms with Crippen molar-refractivity contribution < 1.29 is 9.90 Å². The van der Waals surface area contributed by atoms with Gasteiger partial charge in [0.1, 0.15) is 0 Å². The van der Waals surface area contributed by atoms with Crippen LogP contribution in [0.1, 0.15) is 41.1 Å². The van der Waals surface area contributed by atoms with Gasteiger partial charge in [-0.25, -0.2) is 9.78 Å². The molecule has 0 amide bonds. The molecule has 0 fully saturated rings. The van der Waals surface area contributed by atoms with E-state index in [1.54, 1.807) is 0 Å². The summed E-state index contributed by atoms with van der Waals surface area (Å²) in [7, 11) is 0.